The summed E-state index contributed by atoms with van der Waals surface area (Å²) in [6.45, 7) is 0. The highest BCUT2D eigenvalue weighted by Gasteiger charge is 2.21. The van der Waals surface area contributed by atoms with E-state index in [0.717, 1.165) is 12.8 Å². The van der Waals surface area contributed by atoms with Crippen molar-refractivity contribution in [1.29, 1.82) is 0 Å². The molecule has 1 fully saturated rings. The van der Waals surface area contributed by atoms with Crippen molar-refractivity contribution in [2.75, 3.05) is 5.88 Å². The van der Waals surface area contributed by atoms with Crippen LogP contribution in [0.3, 0.4) is 0 Å². The van der Waals surface area contributed by atoms with Crippen molar-refractivity contribution in [2.45, 2.75) is 25.2 Å². The van der Waals surface area contributed by atoms with Crippen molar-refractivity contribution < 1.29 is 9.84 Å². The van der Waals surface area contributed by atoms with Gasteiger partial charge in [-0.2, -0.15) is 0 Å². The summed E-state index contributed by atoms with van der Waals surface area (Å²) >= 11 is 5.44. The molecule has 1 N–H and O–H groups in total. The van der Waals surface area contributed by atoms with Gasteiger partial charge in [0.2, 0.25) is 0 Å². The summed E-state index contributed by atoms with van der Waals surface area (Å²) in [5, 5.41) is 8.75. The maximum absolute atomic E-state index is 8.75. The predicted molar refractivity (Wildman–Crippen MR) is 30.8 cm³/mol. The fourth-order valence-corrected chi connectivity index (χ4v) is 1.03. The number of halogens is 1. The Bertz CT molecular complexity index is 76.8. The van der Waals surface area contributed by atoms with Crippen LogP contribution >= 0.6 is 11.6 Å². The van der Waals surface area contributed by atoms with Crippen molar-refractivity contribution >= 4 is 11.6 Å². The topological polar surface area (TPSA) is 29.5 Å². The Balaban J connectivity index is 2.22. The van der Waals surface area contributed by atoms with Crippen molar-refractivity contribution in [2.24, 2.45) is 0 Å². The molecule has 1 heterocycles. The molecule has 0 aromatic heterocycles. The Morgan fingerprint density at radius 1 is 1.62 bits per heavy atom. The van der Waals surface area contributed by atoms with Gasteiger partial charge in [-0.25, -0.2) is 0 Å². The molecule has 0 radical (unpaired) electrons. The van der Waals surface area contributed by atoms with Gasteiger partial charge in [-0.05, 0) is 6.42 Å². The number of aliphatic hydroxyl groups excluding tert-OH is 1. The Labute approximate surface area is 53.4 Å². The van der Waals surface area contributed by atoms with E-state index >= 15 is 0 Å². The van der Waals surface area contributed by atoms with Gasteiger partial charge < -0.3 is 9.84 Å². The molecule has 48 valence electrons. The highest BCUT2D eigenvalue weighted by molar-refractivity contribution is 6.18. The summed E-state index contributed by atoms with van der Waals surface area (Å²) in [5.41, 5.74) is 0. The molecule has 0 spiro atoms. The molecule has 1 aliphatic rings. The van der Waals surface area contributed by atoms with Crippen LogP contribution in [0.25, 0.3) is 0 Å². The van der Waals surface area contributed by atoms with E-state index < -0.39 is 6.29 Å². The van der Waals surface area contributed by atoms with E-state index in [4.69, 9.17) is 21.4 Å². The largest absolute Gasteiger partial charge is 0.368 e. The quantitative estimate of drug-likeness (QED) is 0.539. The van der Waals surface area contributed by atoms with E-state index in [2.05, 4.69) is 0 Å². The molecule has 2 unspecified atom stereocenters. The molecule has 2 atom stereocenters. The zero-order chi connectivity index (χ0) is 5.98. The zero-order valence-corrected chi connectivity index (χ0v) is 5.27. The third kappa shape index (κ3) is 1.34. The van der Waals surface area contributed by atoms with Crippen LogP contribution in [0.5, 0.6) is 0 Å². The third-order valence-corrected chi connectivity index (χ3v) is 1.60. The fraction of sp³-hybridized carbons (Fsp3) is 1.00. The van der Waals surface area contributed by atoms with Gasteiger partial charge in [-0.3, -0.25) is 0 Å². The first-order valence-electron chi connectivity index (χ1n) is 2.72. The second-order valence-corrected chi connectivity index (χ2v) is 2.25. The van der Waals surface area contributed by atoms with E-state index in [0.29, 0.717) is 5.88 Å². The lowest BCUT2D eigenvalue weighted by Crippen LogP contribution is -2.10. The maximum atomic E-state index is 8.75. The van der Waals surface area contributed by atoms with Gasteiger partial charge in [0.1, 0.15) is 0 Å². The molecule has 0 aromatic rings. The molecule has 1 rings (SSSR count). The van der Waals surface area contributed by atoms with Crippen molar-refractivity contribution in [3.63, 3.8) is 0 Å². The lowest BCUT2D eigenvalue weighted by Gasteiger charge is -2.03. The van der Waals surface area contributed by atoms with E-state index in [1.165, 1.54) is 0 Å². The molecule has 0 amide bonds. The number of ether oxygens (including phenoxy) is 1. The van der Waals surface area contributed by atoms with E-state index in [9.17, 15) is 0 Å². The summed E-state index contributed by atoms with van der Waals surface area (Å²) in [7, 11) is 0. The van der Waals surface area contributed by atoms with Crippen LogP contribution in [0.1, 0.15) is 12.8 Å². The fourth-order valence-electron chi connectivity index (χ4n) is 0.800. The average molecular weight is 137 g/mol. The summed E-state index contributed by atoms with van der Waals surface area (Å²) in [4.78, 5) is 0. The van der Waals surface area contributed by atoms with E-state index in [-0.39, 0.29) is 6.10 Å². The monoisotopic (exact) mass is 136 g/mol. The summed E-state index contributed by atoms with van der Waals surface area (Å²) < 4.78 is 4.93. The van der Waals surface area contributed by atoms with Gasteiger partial charge in [0.25, 0.3) is 0 Å². The molecule has 3 heteroatoms. The van der Waals surface area contributed by atoms with Crippen LogP contribution in [0.15, 0.2) is 0 Å². The van der Waals surface area contributed by atoms with E-state index in [1.807, 2.05) is 0 Å². The molecule has 0 aromatic carbocycles. The Hall–Kier alpha value is 0.210. The third-order valence-electron chi connectivity index (χ3n) is 1.26. The highest BCUT2D eigenvalue weighted by Crippen LogP contribution is 2.17. The number of rotatable bonds is 1. The Morgan fingerprint density at radius 2 is 2.38 bits per heavy atom. The molecule has 8 heavy (non-hydrogen) atoms. The number of aliphatic hydroxyl groups is 1. The molecular weight excluding hydrogens is 128 g/mol. The van der Waals surface area contributed by atoms with Gasteiger partial charge in [0.05, 0.1) is 6.10 Å². The van der Waals surface area contributed by atoms with Crippen LogP contribution in [0, 0.1) is 0 Å². The minimum Gasteiger partial charge on any atom is -0.368 e. The number of hydrogen-bond donors (Lipinski definition) is 1. The molecule has 1 aliphatic heterocycles. The van der Waals surface area contributed by atoms with Crippen molar-refractivity contribution in [3.05, 3.63) is 0 Å². The van der Waals surface area contributed by atoms with Gasteiger partial charge in [-0.15, -0.1) is 11.6 Å². The second kappa shape index (κ2) is 2.67. The standard InChI is InChI=1S/C5H9ClO2/c6-3-4-1-2-5(7)8-4/h4-5,7H,1-3H2. The summed E-state index contributed by atoms with van der Waals surface area (Å²) in [5.74, 6) is 0.497. The number of alkyl halides is 1. The average Bonchev–Trinajstić information content (AvgIpc) is 2.14. The SMILES string of the molecule is OC1CCC(CCl)O1. The maximum Gasteiger partial charge on any atom is 0.155 e. The highest BCUT2D eigenvalue weighted by atomic mass is 35.5. The van der Waals surface area contributed by atoms with Crippen LogP contribution in [0.4, 0.5) is 0 Å². The lowest BCUT2D eigenvalue weighted by atomic mass is 10.3. The Kier molecular flexibility index (Phi) is 2.11. The lowest BCUT2D eigenvalue weighted by molar-refractivity contribution is -0.0840. The van der Waals surface area contributed by atoms with Crippen LogP contribution in [0.2, 0.25) is 0 Å². The van der Waals surface area contributed by atoms with Crippen LogP contribution in [-0.2, 0) is 4.74 Å². The normalized spacial score (nSPS) is 38.2. The van der Waals surface area contributed by atoms with Gasteiger partial charge in [0, 0.05) is 12.3 Å². The zero-order valence-electron chi connectivity index (χ0n) is 4.51. The first-order chi connectivity index (χ1) is 3.83. The summed E-state index contributed by atoms with van der Waals surface area (Å²) in [6.07, 6.45) is 1.16. The first kappa shape index (κ1) is 6.33. The van der Waals surface area contributed by atoms with Crippen LogP contribution < -0.4 is 0 Å². The molecule has 2 nitrogen and oxygen atoms in total. The molecule has 0 saturated carbocycles. The molecule has 1 saturated heterocycles. The molecule has 0 aliphatic carbocycles. The van der Waals surface area contributed by atoms with Crippen LogP contribution in [-0.4, -0.2) is 23.4 Å². The van der Waals surface area contributed by atoms with Crippen molar-refractivity contribution in [3.8, 4) is 0 Å². The van der Waals surface area contributed by atoms with E-state index in [1.54, 1.807) is 0 Å². The van der Waals surface area contributed by atoms with Crippen molar-refractivity contribution in [1.82, 2.24) is 0 Å². The minimum absolute atomic E-state index is 0.0895. The molecule has 0 bridgehead atoms. The smallest absolute Gasteiger partial charge is 0.155 e. The Morgan fingerprint density at radius 3 is 2.62 bits per heavy atom. The van der Waals surface area contributed by atoms with Gasteiger partial charge in [-0.1, -0.05) is 0 Å². The molecular formula is C5H9ClO2. The predicted octanol–water partition coefficient (Wildman–Crippen LogP) is 0.723. The summed E-state index contributed by atoms with van der Waals surface area (Å²) in [6, 6.07) is 0. The van der Waals surface area contributed by atoms with Gasteiger partial charge >= 0.3 is 0 Å². The number of hydrogen-bond acceptors (Lipinski definition) is 2. The first-order valence-corrected chi connectivity index (χ1v) is 3.26. The van der Waals surface area contributed by atoms with Gasteiger partial charge in [0.15, 0.2) is 6.29 Å². The minimum atomic E-state index is -0.557. The second-order valence-electron chi connectivity index (χ2n) is 1.94.